The molecular formula is C15H21NO4. The fourth-order valence-electron chi connectivity index (χ4n) is 2.00. The molecule has 1 heterocycles. The summed E-state index contributed by atoms with van der Waals surface area (Å²) in [6, 6.07) is 5.57. The van der Waals surface area contributed by atoms with Crippen LogP contribution in [0.2, 0.25) is 0 Å². The SMILES string of the molecule is CC[C@H](NC(=O)OC(C)(C)C)c1ccc2c(c1)OCO2. The van der Waals surface area contributed by atoms with Crippen molar-refractivity contribution < 1.29 is 19.0 Å². The lowest BCUT2D eigenvalue weighted by Crippen LogP contribution is -2.34. The van der Waals surface area contributed by atoms with E-state index in [-0.39, 0.29) is 12.8 Å². The van der Waals surface area contributed by atoms with Crippen LogP contribution in [0.4, 0.5) is 4.79 Å². The Labute approximate surface area is 119 Å². The van der Waals surface area contributed by atoms with Crippen LogP contribution >= 0.6 is 0 Å². The maximum atomic E-state index is 11.8. The van der Waals surface area contributed by atoms with Crippen molar-refractivity contribution in [3.63, 3.8) is 0 Å². The predicted octanol–water partition coefficient (Wildman–Crippen LogP) is 3.39. The van der Waals surface area contributed by atoms with Gasteiger partial charge in [-0.1, -0.05) is 13.0 Å². The molecule has 5 heteroatoms. The van der Waals surface area contributed by atoms with E-state index in [1.54, 1.807) is 0 Å². The first kappa shape index (κ1) is 14.5. The zero-order valence-electron chi connectivity index (χ0n) is 12.4. The molecule has 110 valence electrons. The Balaban J connectivity index is 2.06. The summed E-state index contributed by atoms with van der Waals surface area (Å²) in [6.45, 7) is 7.78. The van der Waals surface area contributed by atoms with Crippen LogP contribution in [-0.4, -0.2) is 18.5 Å². The molecule has 0 unspecified atom stereocenters. The molecule has 0 aliphatic carbocycles. The molecule has 0 fully saturated rings. The zero-order chi connectivity index (χ0) is 14.8. The number of alkyl carbamates (subject to hydrolysis) is 1. The number of carbonyl (C=O) groups is 1. The van der Waals surface area contributed by atoms with Crippen molar-refractivity contribution in [2.75, 3.05) is 6.79 Å². The molecule has 1 aliphatic rings. The molecule has 0 bridgehead atoms. The minimum Gasteiger partial charge on any atom is -0.454 e. The summed E-state index contributed by atoms with van der Waals surface area (Å²) in [5.74, 6) is 1.45. The van der Waals surface area contributed by atoms with Crippen molar-refractivity contribution in [2.24, 2.45) is 0 Å². The lowest BCUT2D eigenvalue weighted by atomic mass is 10.0. The molecule has 5 nitrogen and oxygen atoms in total. The van der Waals surface area contributed by atoms with Crippen LogP contribution in [0.5, 0.6) is 11.5 Å². The van der Waals surface area contributed by atoms with E-state index in [2.05, 4.69) is 5.32 Å². The lowest BCUT2D eigenvalue weighted by Gasteiger charge is -2.23. The van der Waals surface area contributed by atoms with Crippen molar-refractivity contribution in [3.8, 4) is 11.5 Å². The Morgan fingerprint density at radius 3 is 2.70 bits per heavy atom. The minimum absolute atomic E-state index is 0.112. The highest BCUT2D eigenvalue weighted by Gasteiger charge is 2.21. The topological polar surface area (TPSA) is 56.8 Å². The molecule has 2 rings (SSSR count). The number of rotatable bonds is 3. The highest BCUT2D eigenvalue weighted by Crippen LogP contribution is 2.34. The van der Waals surface area contributed by atoms with E-state index >= 15 is 0 Å². The Morgan fingerprint density at radius 2 is 2.05 bits per heavy atom. The highest BCUT2D eigenvalue weighted by molar-refractivity contribution is 5.68. The van der Waals surface area contributed by atoms with Gasteiger partial charge < -0.3 is 19.5 Å². The summed E-state index contributed by atoms with van der Waals surface area (Å²) in [7, 11) is 0. The summed E-state index contributed by atoms with van der Waals surface area (Å²) < 4.78 is 15.9. The van der Waals surface area contributed by atoms with Crippen molar-refractivity contribution in [3.05, 3.63) is 23.8 Å². The van der Waals surface area contributed by atoms with Gasteiger partial charge in [0.1, 0.15) is 5.60 Å². The van der Waals surface area contributed by atoms with Gasteiger partial charge in [0, 0.05) is 0 Å². The molecular weight excluding hydrogens is 258 g/mol. The second-order valence-corrected chi connectivity index (χ2v) is 5.72. The van der Waals surface area contributed by atoms with E-state index in [9.17, 15) is 4.79 Å². The Bertz CT molecular complexity index is 493. The van der Waals surface area contributed by atoms with Crippen LogP contribution in [0.1, 0.15) is 45.7 Å². The van der Waals surface area contributed by atoms with Gasteiger partial charge in [0.15, 0.2) is 11.5 Å². The Hall–Kier alpha value is -1.91. The van der Waals surface area contributed by atoms with E-state index in [1.165, 1.54) is 0 Å². The molecule has 1 N–H and O–H groups in total. The molecule has 1 aromatic rings. The molecule has 20 heavy (non-hydrogen) atoms. The van der Waals surface area contributed by atoms with Gasteiger partial charge in [-0.3, -0.25) is 0 Å². The third-order valence-electron chi connectivity index (χ3n) is 2.90. The number of fused-ring (bicyclic) bond motifs is 1. The number of carbonyl (C=O) groups excluding carboxylic acids is 1. The number of benzene rings is 1. The van der Waals surface area contributed by atoms with Crippen LogP contribution in [0, 0.1) is 0 Å². The van der Waals surface area contributed by atoms with Crippen molar-refractivity contribution in [1.29, 1.82) is 0 Å². The smallest absolute Gasteiger partial charge is 0.408 e. The molecule has 1 aromatic carbocycles. The average molecular weight is 279 g/mol. The molecule has 1 atom stereocenters. The molecule has 0 spiro atoms. The Morgan fingerprint density at radius 1 is 1.35 bits per heavy atom. The number of amides is 1. The summed E-state index contributed by atoms with van der Waals surface area (Å²) in [6.07, 6.45) is 0.348. The number of nitrogens with one attached hydrogen (secondary N) is 1. The molecule has 0 radical (unpaired) electrons. The number of hydrogen-bond donors (Lipinski definition) is 1. The monoisotopic (exact) mass is 279 g/mol. The summed E-state index contributed by atoms with van der Waals surface area (Å²) in [5.41, 5.74) is 0.472. The van der Waals surface area contributed by atoms with Crippen LogP contribution in [-0.2, 0) is 4.74 Å². The first-order valence-electron chi connectivity index (χ1n) is 6.78. The lowest BCUT2D eigenvalue weighted by molar-refractivity contribution is 0.0502. The van der Waals surface area contributed by atoms with E-state index in [1.807, 2.05) is 45.9 Å². The summed E-state index contributed by atoms with van der Waals surface area (Å²) in [5, 5.41) is 2.87. The number of hydrogen-bond acceptors (Lipinski definition) is 4. The van der Waals surface area contributed by atoms with Crippen molar-refractivity contribution in [1.82, 2.24) is 5.32 Å². The van der Waals surface area contributed by atoms with Crippen molar-refractivity contribution in [2.45, 2.75) is 45.8 Å². The quantitative estimate of drug-likeness (QED) is 0.921. The van der Waals surface area contributed by atoms with Crippen LogP contribution in [0.15, 0.2) is 18.2 Å². The second-order valence-electron chi connectivity index (χ2n) is 5.72. The van der Waals surface area contributed by atoms with Crippen LogP contribution in [0.25, 0.3) is 0 Å². The fraction of sp³-hybridized carbons (Fsp3) is 0.533. The highest BCUT2D eigenvalue weighted by atomic mass is 16.7. The van der Waals surface area contributed by atoms with Gasteiger partial charge >= 0.3 is 6.09 Å². The fourth-order valence-corrected chi connectivity index (χ4v) is 2.00. The third kappa shape index (κ3) is 3.56. The first-order chi connectivity index (χ1) is 9.39. The molecule has 0 saturated heterocycles. The summed E-state index contributed by atoms with van der Waals surface area (Å²) >= 11 is 0. The predicted molar refractivity (Wildman–Crippen MR) is 75.0 cm³/mol. The van der Waals surface area contributed by atoms with Gasteiger partial charge in [-0.25, -0.2) is 4.79 Å². The van der Waals surface area contributed by atoms with Gasteiger partial charge in [0.2, 0.25) is 6.79 Å². The molecule has 0 saturated carbocycles. The standard InChI is InChI=1S/C15H21NO4/c1-5-11(16-14(17)20-15(2,3)4)10-6-7-12-13(8-10)19-9-18-12/h6-8,11H,5,9H2,1-4H3,(H,16,17)/t11-/m0/s1. The molecule has 0 aromatic heterocycles. The minimum atomic E-state index is -0.503. The van der Waals surface area contributed by atoms with Gasteiger partial charge in [-0.2, -0.15) is 0 Å². The normalized spacial score (nSPS) is 14.8. The Kier molecular flexibility index (Phi) is 4.06. The van der Waals surface area contributed by atoms with E-state index in [0.29, 0.717) is 5.75 Å². The van der Waals surface area contributed by atoms with E-state index in [0.717, 1.165) is 17.7 Å². The second kappa shape index (κ2) is 5.61. The molecule has 1 amide bonds. The van der Waals surface area contributed by atoms with Crippen LogP contribution < -0.4 is 14.8 Å². The van der Waals surface area contributed by atoms with Gasteiger partial charge in [-0.05, 0) is 44.9 Å². The van der Waals surface area contributed by atoms with Crippen LogP contribution in [0.3, 0.4) is 0 Å². The van der Waals surface area contributed by atoms with Gasteiger partial charge in [0.05, 0.1) is 6.04 Å². The largest absolute Gasteiger partial charge is 0.454 e. The first-order valence-corrected chi connectivity index (χ1v) is 6.78. The van der Waals surface area contributed by atoms with Crippen molar-refractivity contribution >= 4 is 6.09 Å². The average Bonchev–Trinajstić information content (AvgIpc) is 2.80. The van der Waals surface area contributed by atoms with Gasteiger partial charge in [-0.15, -0.1) is 0 Å². The maximum Gasteiger partial charge on any atom is 0.408 e. The third-order valence-corrected chi connectivity index (χ3v) is 2.90. The molecule has 1 aliphatic heterocycles. The van der Waals surface area contributed by atoms with E-state index < -0.39 is 11.7 Å². The van der Waals surface area contributed by atoms with E-state index in [4.69, 9.17) is 14.2 Å². The van der Waals surface area contributed by atoms with Gasteiger partial charge in [0.25, 0.3) is 0 Å². The summed E-state index contributed by atoms with van der Waals surface area (Å²) in [4.78, 5) is 11.8. The zero-order valence-corrected chi connectivity index (χ0v) is 12.4. The maximum absolute atomic E-state index is 11.8. The number of ether oxygens (including phenoxy) is 3.